The van der Waals surface area contributed by atoms with Gasteiger partial charge in [-0.25, -0.2) is 0 Å². The fraction of sp³-hybridized carbons (Fsp3) is 0.933. The average molecular weight is 933 g/mol. The van der Waals surface area contributed by atoms with Gasteiger partial charge in [0.25, 0.3) is 0 Å². The summed E-state index contributed by atoms with van der Waals surface area (Å²) in [4.78, 5) is 24.5. The van der Waals surface area contributed by atoms with Gasteiger partial charge in [0.1, 0.15) is 0 Å². The molecule has 0 heterocycles. The third kappa shape index (κ3) is 52.0. The highest BCUT2D eigenvalue weighted by atomic mass is 16.5. The third-order valence-corrected chi connectivity index (χ3v) is 14.1. The van der Waals surface area contributed by atoms with Gasteiger partial charge in [-0.05, 0) is 32.1 Å². The minimum atomic E-state index is -0.848. The Hall–Kier alpha value is -1.40. The summed E-state index contributed by atoms with van der Waals surface area (Å²) in [6.45, 7) is 4.92. The average Bonchev–Trinajstić information content (AvgIpc) is 3.32. The predicted molar refractivity (Wildman–Crippen MR) is 287 cm³/mol. The first-order valence-electron chi connectivity index (χ1n) is 30.0. The van der Waals surface area contributed by atoms with Gasteiger partial charge >= 0.3 is 5.97 Å². The summed E-state index contributed by atoms with van der Waals surface area (Å²) in [5, 5.41) is 23.1. The lowest BCUT2D eigenvalue weighted by molar-refractivity contribution is -0.143. The SMILES string of the molecule is CCCCCCCCCCCCCCCCC/C=C/C(O)C(CO)NC(=O)CCCCCCCCCCCCCCCCCCOC(=O)CCCCCCCCCCCCCCCCCC. The molecular formula is C60H117NO5. The Kier molecular flexibility index (Phi) is 55.0. The summed E-state index contributed by atoms with van der Waals surface area (Å²) in [5.74, 6) is -0.0656. The Labute approximate surface area is 412 Å². The lowest BCUT2D eigenvalue weighted by atomic mass is 10.0. The Morgan fingerprint density at radius 3 is 1.03 bits per heavy atom. The molecule has 0 aromatic rings. The molecule has 0 aromatic heterocycles. The second kappa shape index (κ2) is 56.2. The molecule has 0 fully saturated rings. The van der Waals surface area contributed by atoms with Crippen LogP contribution >= 0.6 is 0 Å². The Morgan fingerprint density at radius 2 is 0.697 bits per heavy atom. The number of carbonyl (C=O) groups excluding carboxylic acids is 2. The molecule has 6 heteroatoms. The standard InChI is InChI=1S/C60H117NO5/c1-3-5-7-9-11-13-15-17-19-21-24-28-32-36-40-44-48-52-58(63)57(56-62)61-59(64)53-49-45-41-37-33-29-25-22-23-27-31-35-39-43-47-51-55-66-60(65)54-50-46-42-38-34-30-26-20-18-16-14-12-10-8-6-4-2/h48,52,57-58,62-63H,3-47,49-51,53-56H2,1-2H3,(H,61,64)/b52-48+. The molecule has 0 aromatic carbocycles. The van der Waals surface area contributed by atoms with Crippen LogP contribution in [0.2, 0.25) is 0 Å². The van der Waals surface area contributed by atoms with Crippen LogP contribution < -0.4 is 5.32 Å². The van der Waals surface area contributed by atoms with Crippen LogP contribution in [0.5, 0.6) is 0 Å². The molecule has 0 aliphatic rings. The van der Waals surface area contributed by atoms with Crippen molar-refractivity contribution in [3.05, 3.63) is 12.2 Å². The molecule has 0 aliphatic heterocycles. The fourth-order valence-electron chi connectivity index (χ4n) is 9.46. The second-order valence-electron chi connectivity index (χ2n) is 20.7. The maximum Gasteiger partial charge on any atom is 0.305 e. The topological polar surface area (TPSA) is 95.9 Å². The van der Waals surface area contributed by atoms with Gasteiger partial charge in [0.2, 0.25) is 5.91 Å². The molecule has 392 valence electrons. The summed E-state index contributed by atoms with van der Waals surface area (Å²) >= 11 is 0. The predicted octanol–water partition coefficient (Wildman–Crippen LogP) is 18.5. The molecule has 0 bridgehead atoms. The highest BCUT2D eigenvalue weighted by Crippen LogP contribution is 2.18. The van der Waals surface area contributed by atoms with E-state index in [9.17, 15) is 19.8 Å². The molecule has 0 saturated carbocycles. The summed E-state index contributed by atoms with van der Waals surface area (Å²) in [6.07, 6.45) is 66.6. The van der Waals surface area contributed by atoms with E-state index in [1.165, 1.54) is 263 Å². The number of aliphatic hydroxyl groups excluding tert-OH is 2. The number of rotatable bonds is 56. The number of hydrogen-bond acceptors (Lipinski definition) is 5. The molecule has 1 amide bonds. The van der Waals surface area contributed by atoms with E-state index in [1.807, 2.05) is 6.08 Å². The first kappa shape index (κ1) is 64.6. The van der Waals surface area contributed by atoms with E-state index in [0.29, 0.717) is 19.4 Å². The van der Waals surface area contributed by atoms with Crippen LogP contribution in [0.4, 0.5) is 0 Å². The van der Waals surface area contributed by atoms with Gasteiger partial charge < -0.3 is 20.3 Å². The number of carbonyl (C=O) groups is 2. The first-order valence-corrected chi connectivity index (χ1v) is 30.0. The molecule has 2 unspecified atom stereocenters. The first-order chi connectivity index (χ1) is 32.5. The fourth-order valence-corrected chi connectivity index (χ4v) is 9.46. The number of amides is 1. The Bertz CT molecular complexity index is 986. The summed E-state index contributed by atoms with van der Waals surface area (Å²) < 4.78 is 5.49. The number of unbranched alkanes of at least 4 members (excludes halogenated alkanes) is 45. The lowest BCUT2D eigenvalue weighted by Crippen LogP contribution is -2.45. The normalized spacial score (nSPS) is 12.6. The number of ether oxygens (including phenoxy) is 1. The van der Waals surface area contributed by atoms with E-state index in [0.717, 1.165) is 44.9 Å². The zero-order chi connectivity index (χ0) is 47.9. The van der Waals surface area contributed by atoms with Gasteiger partial charge in [-0.3, -0.25) is 9.59 Å². The number of allylic oxidation sites excluding steroid dienone is 1. The van der Waals surface area contributed by atoms with Crippen molar-refractivity contribution >= 4 is 11.9 Å². The zero-order valence-electron chi connectivity index (χ0n) is 44.7. The van der Waals surface area contributed by atoms with Crippen LogP contribution in [-0.2, 0) is 14.3 Å². The van der Waals surface area contributed by atoms with Gasteiger partial charge in [-0.2, -0.15) is 0 Å². The van der Waals surface area contributed by atoms with Crippen molar-refractivity contribution in [3.8, 4) is 0 Å². The van der Waals surface area contributed by atoms with Crippen LogP contribution in [-0.4, -0.2) is 47.4 Å². The molecule has 0 aliphatic carbocycles. The van der Waals surface area contributed by atoms with Gasteiger partial charge in [-0.1, -0.05) is 302 Å². The quantitative estimate of drug-likeness (QED) is 0.0321. The molecule has 3 N–H and O–H groups in total. The summed E-state index contributed by atoms with van der Waals surface area (Å²) in [5.41, 5.74) is 0. The van der Waals surface area contributed by atoms with E-state index >= 15 is 0 Å². The number of esters is 1. The second-order valence-corrected chi connectivity index (χ2v) is 20.7. The van der Waals surface area contributed by atoms with Crippen molar-refractivity contribution in [2.45, 2.75) is 347 Å². The van der Waals surface area contributed by atoms with Crippen molar-refractivity contribution in [2.75, 3.05) is 13.2 Å². The molecule has 0 spiro atoms. The third-order valence-electron chi connectivity index (χ3n) is 14.1. The van der Waals surface area contributed by atoms with Crippen LogP contribution in [0.3, 0.4) is 0 Å². The molecule has 66 heavy (non-hydrogen) atoms. The molecular weight excluding hydrogens is 815 g/mol. The Balaban J connectivity index is 3.43. The minimum absolute atomic E-state index is 0.00630. The van der Waals surface area contributed by atoms with Gasteiger partial charge in [0.05, 0.1) is 25.4 Å². The zero-order valence-corrected chi connectivity index (χ0v) is 44.7. The van der Waals surface area contributed by atoms with Crippen LogP contribution in [0.15, 0.2) is 12.2 Å². The van der Waals surface area contributed by atoms with Crippen molar-refractivity contribution in [1.82, 2.24) is 5.32 Å². The van der Waals surface area contributed by atoms with E-state index < -0.39 is 12.1 Å². The monoisotopic (exact) mass is 932 g/mol. The largest absolute Gasteiger partial charge is 0.466 e. The Morgan fingerprint density at radius 1 is 0.409 bits per heavy atom. The van der Waals surface area contributed by atoms with Crippen LogP contribution in [0.1, 0.15) is 335 Å². The molecule has 6 nitrogen and oxygen atoms in total. The highest BCUT2D eigenvalue weighted by molar-refractivity contribution is 5.76. The van der Waals surface area contributed by atoms with Gasteiger partial charge in [0.15, 0.2) is 0 Å². The molecule has 0 rings (SSSR count). The van der Waals surface area contributed by atoms with Crippen molar-refractivity contribution in [2.24, 2.45) is 0 Å². The van der Waals surface area contributed by atoms with Crippen molar-refractivity contribution in [3.63, 3.8) is 0 Å². The van der Waals surface area contributed by atoms with E-state index in [-0.39, 0.29) is 18.5 Å². The molecule has 2 atom stereocenters. The lowest BCUT2D eigenvalue weighted by Gasteiger charge is -2.20. The number of aliphatic hydroxyl groups is 2. The van der Waals surface area contributed by atoms with E-state index in [4.69, 9.17) is 4.74 Å². The van der Waals surface area contributed by atoms with Crippen LogP contribution in [0, 0.1) is 0 Å². The summed E-state index contributed by atoms with van der Waals surface area (Å²) in [7, 11) is 0. The van der Waals surface area contributed by atoms with E-state index in [1.54, 1.807) is 6.08 Å². The maximum absolute atomic E-state index is 12.5. The smallest absolute Gasteiger partial charge is 0.305 e. The number of nitrogens with one attached hydrogen (secondary N) is 1. The van der Waals surface area contributed by atoms with Crippen molar-refractivity contribution in [1.29, 1.82) is 0 Å². The van der Waals surface area contributed by atoms with Gasteiger partial charge in [0, 0.05) is 12.8 Å². The van der Waals surface area contributed by atoms with E-state index in [2.05, 4.69) is 19.2 Å². The highest BCUT2D eigenvalue weighted by Gasteiger charge is 2.18. The molecule has 0 saturated heterocycles. The van der Waals surface area contributed by atoms with Crippen molar-refractivity contribution < 1.29 is 24.5 Å². The van der Waals surface area contributed by atoms with Gasteiger partial charge in [-0.15, -0.1) is 0 Å². The number of hydrogen-bond donors (Lipinski definition) is 3. The maximum atomic E-state index is 12.5. The summed E-state index contributed by atoms with van der Waals surface area (Å²) in [6, 6.07) is -0.632. The molecule has 0 radical (unpaired) electrons. The minimum Gasteiger partial charge on any atom is -0.466 e. The van der Waals surface area contributed by atoms with Crippen LogP contribution in [0.25, 0.3) is 0 Å².